The smallest absolute Gasteiger partial charge is 0.0585 e. The van der Waals surface area contributed by atoms with E-state index in [0.29, 0.717) is 0 Å². The van der Waals surface area contributed by atoms with Crippen molar-refractivity contribution in [2.45, 2.75) is 109 Å². The molecular weight excluding hydrogens is 336 g/mol. The zero-order valence-corrected chi connectivity index (χ0v) is 17.9. The average molecular weight is 377 g/mol. The highest BCUT2D eigenvalue weighted by molar-refractivity contribution is 6.20. The van der Waals surface area contributed by atoms with Crippen LogP contribution in [0.1, 0.15) is 114 Å². The molecule has 0 aliphatic rings. The predicted octanol–water partition coefficient (Wildman–Crippen LogP) is 9.39. The lowest BCUT2D eigenvalue weighted by Gasteiger charge is -2.09. The summed E-state index contributed by atoms with van der Waals surface area (Å²) in [7, 11) is 0. The highest BCUT2D eigenvalue weighted by Crippen LogP contribution is 2.26. The van der Waals surface area contributed by atoms with E-state index < -0.39 is 0 Å². The molecule has 0 aromatic heterocycles. The van der Waals surface area contributed by atoms with Gasteiger partial charge in [0.05, 0.1) is 5.38 Å². The zero-order valence-electron chi connectivity index (χ0n) is 17.1. The van der Waals surface area contributed by atoms with Gasteiger partial charge < -0.3 is 0 Å². The standard InChI is InChI=1S/C25H41Cl/c1-2-3-4-5-6-7-8-9-10-11-12-13-14-15-16-20-23-25(26)24-21-18-17-19-22-24/h9-10,17-19,21-22,25H,2-8,11-16,20,23H2,1H3/b10-9-. The largest absolute Gasteiger partial charge is 0.118 e. The predicted molar refractivity (Wildman–Crippen MR) is 119 cm³/mol. The Morgan fingerprint density at radius 2 is 1.19 bits per heavy atom. The second kappa shape index (κ2) is 17.7. The van der Waals surface area contributed by atoms with Gasteiger partial charge >= 0.3 is 0 Å². The molecule has 1 atom stereocenters. The van der Waals surface area contributed by atoms with Crippen molar-refractivity contribution in [1.82, 2.24) is 0 Å². The molecule has 0 fully saturated rings. The van der Waals surface area contributed by atoms with E-state index in [1.54, 1.807) is 0 Å². The molecule has 0 bridgehead atoms. The lowest BCUT2D eigenvalue weighted by molar-refractivity contribution is 0.577. The third kappa shape index (κ3) is 13.5. The van der Waals surface area contributed by atoms with Crippen LogP contribution in [0.4, 0.5) is 0 Å². The number of rotatable bonds is 17. The van der Waals surface area contributed by atoms with Crippen molar-refractivity contribution in [3.05, 3.63) is 48.0 Å². The summed E-state index contributed by atoms with van der Waals surface area (Å²) in [4.78, 5) is 0. The van der Waals surface area contributed by atoms with Gasteiger partial charge in [0.1, 0.15) is 0 Å². The number of halogens is 1. The van der Waals surface area contributed by atoms with Crippen LogP contribution >= 0.6 is 11.6 Å². The summed E-state index contributed by atoms with van der Waals surface area (Å²) in [5, 5.41) is 0.188. The maximum absolute atomic E-state index is 6.46. The Kier molecular flexibility index (Phi) is 15.8. The summed E-state index contributed by atoms with van der Waals surface area (Å²) >= 11 is 6.46. The van der Waals surface area contributed by atoms with Gasteiger partial charge in [0.15, 0.2) is 0 Å². The van der Waals surface area contributed by atoms with Crippen molar-refractivity contribution >= 4 is 11.6 Å². The van der Waals surface area contributed by atoms with Crippen LogP contribution in [0.25, 0.3) is 0 Å². The molecule has 0 nitrogen and oxygen atoms in total. The number of hydrogen-bond acceptors (Lipinski definition) is 0. The first-order valence-corrected chi connectivity index (χ1v) is 11.6. The Bertz CT molecular complexity index is 423. The molecule has 0 saturated heterocycles. The fraction of sp³-hybridized carbons (Fsp3) is 0.680. The van der Waals surface area contributed by atoms with Crippen molar-refractivity contribution in [3.8, 4) is 0 Å². The van der Waals surface area contributed by atoms with Gasteiger partial charge in [-0.25, -0.2) is 0 Å². The summed E-state index contributed by atoms with van der Waals surface area (Å²) in [5.41, 5.74) is 1.27. The lowest BCUT2D eigenvalue weighted by Crippen LogP contribution is -1.90. The van der Waals surface area contributed by atoms with Crippen molar-refractivity contribution in [2.24, 2.45) is 0 Å². The normalized spacial score (nSPS) is 12.7. The van der Waals surface area contributed by atoms with E-state index in [1.807, 2.05) is 0 Å². The van der Waals surface area contributed by atoms with E-state index in [2.05, 4.69) is 49.4 Å². The van der Waals surface area contributed by atoms with Crippen LogP contribution in [0.2, 0.25) is 0 Å². The first-order chi connectivity index (χ1) is 12.8. The number of unbranched alkanes of at least 4 members (excludes halogenated alkanes) is 12. The van der Waals surface area contributed by atoms with E-state index in [-0.39, 0.29) is 5.38 Å². The number of hydrogen-bond donors (Lipinski definition) is 0. The first-order valence-electron chi connectivity index (χ1n) is 11.2. The number of alkyl halides is 1. The fourth-order valence-corrected chi connectivity index (χ4v) is 3.70. The Morgan fingerprint density at radius 3 is 1.77 bits per heavy atom. The molecule has 0 aliphatic heterocycles. The molecule has 0 aliphatic carbocycles. The zero-order chi connectivity index (χ0) is 18.7. The molecule has 1 rings (SSSR count). The molecule has 0 N–H and O–H groups in total. The third-order valence-corrected chi connectivity index (χ3v) is 5.60. The molecule has 1 unspecified atom stereocenters. The topological polar surface area (TPSA) is 0 Å². The van der Waals surface area contributed by atoms with Crippen LogP contribution in [-0.2, 0) is 0 Å². The molecule has 1 heteroatoms. The summed E-state index contributed by atoms with van der Waals surface area (Å²) in [6, 6.07) is 10.5. The van der Waals surface area contributed by atoms with Gasteiger partial charge in [-0.1, -0.05) is 114 Å². The molecule has 0 heterocycles. The molecular formula is C25H41Cl. The number of allylic oxidation sites excluding steroid dienone is 2. The Labute approximate surface area is 168 Å². The van der Waals surface area contributed by atoms with Gasteiger partial charge in [0.25, 0.3) is 0 Å². The molecule has 148 valence electrons. The van der Waals surface area contributed by atoms with Crippen LogP contribution in [0, 0.1) is 0 Å². The Hall–Kier alpha value is -0.750. The van der Waals surface area contributed by atoms with Gasteiger partial charge in [-0.3, -0.25) is 0 Å². The van der Waals surface area contributed by atoms with E-state index in [4.69, 9.17) is 11.6 Å². The average Bonchev–Trinajstić information content (AvgIpc) is 2.68. The summed E-state index contributed by atoms with van der Waals surface area (Å²) < 4.78 is 0. The van der Waals surface area contributed by atoms with E-state index >= 15 is 0 Å². The molecule has 0 spiro atoms. The SMILES string of the molecule is CCCCCCCC/C=C\CCCCCCCCC(Cl)c1ccccc1. The quantitative estimate of drug-likeness (QED) is 0.144. The molecule has 0 radical (unpaired) electrons. The van der Waals surface area contributed by atoms with Crippen LogP contribution in [-0.4, -0.2) is 0 Å². The van der Waals surface area contributed by atoms with Crippen LogP contribution in [0.15, 0.2) is 42.5 Å². The second-order valence-corrected chi connectivity index (χ2v) is 8.13. The summed E-state index contributed by atoms with van der Waals surface area (Å²) in [5.74, 6) is 0. The van der Waals surface area contributed by atoms with E-state index in [9.17, 15) is 0 Å². The second-order valence-electron chi connectivity index (χ2n) is 7.60. The minimum atomic E-state index is 0.188. The third-order valence-electron chi connectivity index (χ3n) is 5.13. The highest BCUT2D eigenvalue weighted by Gasteiger charge is 2.06. The first kappa shape index (κ1) is 23.3. The summed E-state index contributed by atoms with van der Waals surface area (Å²) in [6.45, 7) is 2.28. The minimum absolute atomic E-state index is 0.188. The van der Waals surface area contributed by atoms with Crippen LogP contribution in [0.5, 0.6) is 0 Å². The van der Waals surface area contributed by atoms with Gasteiger partial charge in [-0.05, 0) is 37.7 Å². The van der Waals surface area contributed by atoms with Crippen LogP contribution in [0.3, 0.4) is 0 Å². The van der Waals surface area contributed by atoms with Crippen molar-refractivity contribution in [2.75, 3.05) is 0 Å². The number of benzene rings is 1. The van der Waals surface area contributed by atoms with Crippen molar-refractivity contribution < 1.29 is 0 Å². The molecule has 0 amide bonds. The Balaban J connectivity index is 1.81. The van der Waals surface area contributed by atoms with Crippen LogP contribution < -0.4 is 0 Å². The minimum Gasteiger partial charge on any atom is -0.118 e. The highest BCUT2D eigenvalue weighted by atomic mass is 35.5. The summed E-state index contributed by atoms with van der Waals surface area (Å²) in [6.07, 6.45) is 24.9. The van der Waals surface area contributed by atoms with Crippen molar-refractivity contribution in [1.29, 1.82) is 0 Å². The molecule has 0 saturated carbocycles. The van der Waals surface area contributed by atoms with E-state index in [0.717, 1.165) is 6.42 Å². The van der Waals surface area contributed by atoms with Gasteiger partial charge in [0.2, 0.25) is 0 Å². The molecule has 26 heavy (non-hydrogen) atoms. The fourth-order valence-electron chi connectivity index (χ4n) is 3.40. The lowest BCUT2D eigenvalue weighted by atomic mass is 10.0. The maximum atomic E-state index is 6.46. The van der Waals surface area contributed by atoms with Gasteiger partial charge in [0, 0.05) is 0 Å². The van der Waals surface area contributed by atoms with Gasteiger partial charge in [-0.2, -0.15) is 0 Å². The van der Waals surface area contributed by atoms with Crippen molar-refractivity contribution in [3.63, 3.8) is 0 Å². The monoisotopic (exact) mass is 376 g/mol. The Morgan fingerprint density at radius 1 is 0.692 bits per heavy atom. The molecule has 1 aromatic rings. The maximum Gasteiger partial charge on any atom is 0.0585 e. The van der Waals surface area contributed by atoms with E-state index in [1.165, 1.54) is 95.5 Å². The molecule has 1 aromatic carbocycles. The van der Waals surface area contributed by atoms with Gasteiger partial charge in [-0.15, -0.1) is 11.6 Å².